The van der Waals surface area contributed by atoms with E-state index in [-0.39, 0.29) is 12.5 Å². The van der Waals surface area contributed by atoms with Gasteiger partial charge in [0.15, 0.2) is 0 Å². The molecule has 0 aliphatic heterocycles. The predicted octanol–water partition coefficient (Wildman–Crippen LogP) is 2.55. The molecule has 0 aromatic heterocycles. The summed E-state index contributed by atoms with van der Waals surface area (Å²) in [6, 6.07) is 8.00. The van der Waals surface area contributed by atoms with Gasteiger partial charge >= 0.3 is 5.97 Å². The van der Waals surface area contributed by atoms with Crippen molar-refractivity contribution in [1.29, 1.82) is 0 Å². The molecule has 100 valence electrons. The Kier molecular flexibility index (Phi) is 5.65. The van der Waals surface area contributed by atoms with Gasteiger partial charge in [0.1, 0.15) is 5.75 Å². The third kappa shape index (κ3) is 3.74. The quantitative estimate of drug-likeness (QED) is 0.809. The first-order chi connectivity index (χ1) is 8.60. The number of nitrogens with zero attached hydrogens (tertiary/aromatic N) is 1. The molecule has 0 aliphatic rings. The van der Waals surface area contributed by atoms with Crippen molar-refractivity contribution in [3.63, 3.8) is 0 Å². The minimum atomic E-state index is -0.763. The topological polar surface area (TPSA) is 49.8 Å². The third-order valence-corrected chi connectivity index (χ3v) is 3.16. The van der Waals surface area contributed by atoms with Crippen LogP contribution in [0.4, 0.5) is 0 Å². The maximum absolute atomic E-state index is 10.7. The first-order valence-corrected chi connectivity index (χ1v) is 6.18. The first-order valence-electron chi connectivity index (χ1n) is 6.18. The van der Waals surface area contributed by atoms with Gasteiger partial charge in [0.2, 0.25) is 0 Å². The summed E-state index contributed by atoms with van der Waals surface area (Å²) in [6.07, 6.45) is 0.160. The van der Waals surface area contributed by atoms with Gasteiger partial charge in [-0.1, -0.05) is 25.1 Å². The highest BCUT2D eigenvalue weighted by atomic mass is 16.5. The number of aliphatic carboxylic acids is 1. The summed E-state index contributed by atoms with van der Waals surface area (Å²) in [5, 5.41) is 8.76. The fourth-order valence-electron chi connectivity index (χ4n) is 2.07. The van der Waals surface area contributed by atoms with Gasteiger partial charge in [-0.25, -0.2) is 0 Å². The molecule has 0 fully saturated rings. The number of carbonyl (C=O) groups is 1. The lowest BCUT2D eigenvalue weighted by atomic mass is 10.1. The van der Waals surface area contributed by atoms with E-state index in [0.29, 0.717) is 6.54 Å². The molecule has 0 aliphatic carbocycles. The average Bonchev–Trinajstić information content (AvgIpc) is 2.38. The van der Waals surface area contributed by atoms with Crippen molar-refractivity contribution >= 4 is 5.97 Å². The van der Waals surface area contributed by atoms with Crippen molar-refractivity contribution in [2.45, 2.75) is 26.3 Å². The number of methoxy groups -OCH3 is 1. The molecular formula is C14H21NO3. The molecule has 1 unspecified atom stereocenters. The highest BCUT2D eigenvalue weighted by molar-refractivity contribution is 5.66. The fraction of sp³-hybridized carbons (Fsp3) is 0.500. The van der Waals surface area contributed by atoms with Crippen LogP contribution in [0.3, 0.4) is 0 Å². The number of hydrogen-bond donors (Lipinski definition) is 1. The lowest BCUT2D eigenvalue weighted by Crippen LogP contribution is -2.29. The van der Waals surface area contributed by atoms with Crippen LogP contribution in [0, 0.1) is 0 Å². The monoisotopic (exact) mass is 251 g/mol. The third-order valence-electron chi connectivity index (χ3n) is 3.16. The Labute approximate surface area is 108 Å². The minimum absolute atomic E-state index is 0.144. The van der Waals surface area contributed by atoms with Crippen molar-refractivity contribution in [3.05, 3.63) is 29.8 Å². The highest BCUT2D eigenvalue weighted by Gasteiger charge is 2.18. The van der Waals surface area contributed by atoms with Crippen LogP contribution in [-0.4, -0.2) is 36.2 Å². The molecule has 0 saturated carbocycles. The van der Waals surface area contributed by atoms with Gasteiger partial charge < -0.3 is 9.84 Å². The first kappa shape index (κ1) is 14.5. The molecule has 1 atom stereocenters. The smallest absolute Gasteiger partial charge is 0.304 e. The zero-order valence-electron chi connectivity index (χ0n) is 11.2. The van der Waals surface area contributed by atoms with E-state index in [4.69, 9.17) is 9.84 Å². The molecule has 1 aromatic rings. The molecule has 4 nitrogen and oxygen atoms in total. The molecule has 1 N–H and O–H groups in total. The van der Waals surface area contributed by atoms with Crippen molar-refractivity contribution in [3.8, 4) is 5.75 Å². The summed E-state index contributed by atoms with van der Waals surface area (Å²) in [7, 11) is 1.65. The lowest BCUT2D eigenvalue weighted by molar-refractivity contribution is -0.137. The Hall–Kier alpha value is -1.55. The van der Waals surface area contributed by atoms with E-state index in [0.717, 1.165) is 17.9 Å². The van der Waals surface area contributed by atoms with Crippen LogP contribution in [0.25, 0.3) is 0 Å². The summed E-state index contributed by atoms with van der Waals surface area (Å²) in [6.45, 7) is 5.47. The molecule has 1 aromatic carbocycles. The molecule has 0 spiro atoms. The SMILES string of the molecule is CCN(CCC(=O)O)C(C)c1ccccc1OC. The second-order valence-corrected chi connectivity index (χ2v) is 4.19. The number of rotatable bonds is 7. The van der Waals surface area contributed by atoms with Crippen molar-refractivity contribution < 1.29 is 14.6 Å². The van der Waals surface area contributed by atoms with E-state index in [1.165, 1.54) is 0 Å². The summed E-state index contributed by atoms with van der Waals surface area (Å²) >= 11 is 0. The van der Waals surface area contributed by atoms with Gasteiger partial charge in [-0.3, -0.25) is 9.69 Å². The van der Waals surface area contributed by atoms with Crippen LogP contribution in [0.1, 0.15) is 31.9 Å². The summed E-state index contributed by atoms with van der Waals surface area (Å²) < 4.78 is 5.34. The Morgan fingerprint density at radius 2 is 2.11 bits per heavy atom. The van der Waals surface area contributed by atoms with Crippen LogP contribution in [0.15, 0.2) is 24.3 Å². The van der Waals surface area contributed by atoms with Crippen LogP contribution in [0.5, 0.6) is 5.75 Å². The number of para-hydroxylation sites is 1. The van der Waals surface area contributed by atoms with Gasteiger partial charge in [0.25, 0.3) is 0 Å². The van der Waals surface area contributed by atoms with Crippen LogP contribution < -0.4 is 4.74 Å². The number of carboxylic acids is 1. The number of benzene rings is 1. The molecule has 0 heterocycles. The summed E-state index contributed by atoms with van der Waals surface area (Å²) in [4.78, 5) is 12.8. The summed E-state index contributed by atoms with van der Waals surface area (Å²) in [5.41, 5.74) is 1.09. The molecule has 18 heavy (non-hydrogen) atoms. The number of carboxylic acid groups (broad SMARTS) is 1. The average molecular weight is 251 g/mol. The predicted molar refractivity (Wildman–Crippen MR) is 70.9 cm³/mol. The summed E-state index contributed by atoms with van der Waals surface area (Å²) in [5.74, 6) is 0.0828. The number of ether oxygens (including phenoxy) is 1. The van der Waals surface area contributed by atoms with E-state index < -0.39 is 5.97 Å². The minimum Gasteiger partial charge on any atom is -0.496 e. The van der Waals surface area contributed by atoms with Crippen LogP contribution in [-0.2, 0) is 4.79 Å². The normalized spacial score (nSPS) is 12.4. The lowest BCUT2D eigenvalue weighted by Gasteiger charge is -2.28. The van der Waals surface area contributed by atoms with E-state index in [1.54, 1.807) is 7.11 Å². The molecular weight excluding hydrogens is 230 g/mol. The fourth-order valence-corrected chi connectivity index (χ4v) is 2.07. The van der Waals surface area contributed by atoms with Crippen molar-refractivity contribution in [1.82, 2.24) is 4.90 Å². The van der Waals surface area contributed by atoms with E-state index in [9.17, 15) is 4.79 Å². The standard InChI is InChI=1S/C14H21NO3/c1-4-15(10-9-14(16)17)11(2)12-7-5-6-8-13(12)18-3/h5-8,11H,4,9-10H2,1-3H3,(H,16,17). The zero-order valence-corrected chi connectivity index (χ0v) is 11.2. The second kappa shape index (κ2) is 7.01. The van der Waals surface area contributed by atoms with Gasteiger partial charge in [0, 0.05) is 18.2 Å². The second-order valence-electron chi connectivity index (χ2n) is 4.19. The van der Waals surface area contributed by atoms with Gasteiger partial charge in [-0.05, 0) is 19.5 Å². The molecule has 0 amide bonds. The Morgan fingerprint density at radius 3 is 2.67 bits per heavy atom. The van der Waals surface area contributed by atoms with E-state index in [2.05, 4.69) is 11.8 Å². The van der Waals surface area contributed by atoms with Gasteiger partial charge in [0.05, 0.1) is 13.5 Å². The maximum atomic E-state index is 10.7. The largest absolute Gasteiger partial charge is 0.496 e. The molecule has 0 bridgehead atoms. The molecule has 0 radical (unpaired) electrons. The number of hydrogen-bond acceptors (Lipinski definition) is 3. The molecule has 4 heteroatoms. The van der Waals surface area contributed by atoms with E-state index >= 15 is 0 Å². The van der Waals surface area contributed by atoms with Crippen LogP contribution in [0.2, 0.25) is 0 Å². The van der Waals surface area contributed by atoms with Crippen molar-refractivity contribution in [2.24, 2.45) is 0 Å². The molecule has 1 rings (SSSR count). The molecule has 0 saturated heterocycles. The Balaban J connectivity index is 2.82. The maximum Gasteiger partial charge on any atom is 0.304 e. The van der Waals surface area contributed by atoms with E-state index in [1.807, 2.05) is 31.2 Å². The zero-order chi connectivity index (χ0) is 13.5. The van der Waals surface area contributed by atoms with Gasteiger partial charge in [-0.2, -0.15) is 0 Å². The Morgan fingerprint density at radius 1 is 1.44 bits per heavy atom. The highest BCUT2D eigenvalue weighted by Crippen LogP contribution is 2.28. The Bertz CT molecular complexity index is 392. The van der Waals surface area contributed by atoms with Gasteiger partial charge in [-0.15, -0.1) is 0 Å². The van der Waals surface area contributed by atoms with Crippen LogP contribution >= 0.6 is 0 Å². The van der Waals surface area contributed by atoms with Crippen molar-refractivity contribution in [2.75, 3.05) is 20.2 Å².